The number of piperazine rings is 1. The first-order valence-corrected chi connectivity index (χ1v) is 13.5. The minimum atomic E-state index is -3.62. The molecule has 186 valence electrons. The van der Waals surface area contributed by atoms with Gasteiger partial charge < -0.3 is 9.80 Å². The van der Waals surface area contributed by atoms with Crippen molar-refractivity contribution < 1.29 is 13.2 Å². The Morgan fingerprint density at radius 1 is 0.971 bits per heavy atom. The van der Waals surface area contributed by atoms with E-state index >= 15 is 0 Å². The third-order valence-corrected chi connectivity index (χ3v) is 9.05. The summed E-state index contributed by atoms with van der Waals surface area (Å²) in [6.07, 6.45) is 2.47. The van der Waals surface area contributed by atoms with E-state index in [1.165, 1.54) is 4.31 Å². The Morgan fingerprint density at radius 2 is 1.65 bits per heavy atom. The number of carbonyl (C=O) groups is 1. The molecule has 4 rings (SSSR count). The molecule has 0 aliphatic carbocycles. The summed E-state index contributed by atoms with van der Waals surface area (Å²) in [6, 6.07) is 11.9. The van der Waals surface area contributed by atoms with Crippen LogP contribution in [0.1, 0.15) is 24.0 Å². The molecule has 2 saturated heterocycles. The van der Waals surface area contributed by atoms with Gasteiger partial charge in [-0.25, -0.2) is 8.42 Å². The summed E-state index contributed by atoms with van der Waals surface area (Å²) < 4.78 is 28.1. The topological polar surface area (TPSA) is 60.9 Å². The second-order valence-electron chi connectivity index (χ2n) is 8.85. The molecule has 0 spiro atoms. The predicted molar refractivity (Wildman–Crippen MR) is 139 cm³/mol. The van der Waals surface area contributed by atoms with Crippen LogP contribution in [0.25, 0.3) is 0 Å². The number of rotatable bonds is 6. The van der Waals surface area contributed by atoms with Crippen LogP contribution in [-0.4, -0.2) is 73.7 Å². The Balaban J connectivity index is 0.00000324. The molecule has 2 fully saturated rings. The second-order valence-corrected chi connectivity index (χ2v) is 11.6. The van der Waals surface area contributed by atoms with Gasteiger partial charge in [0.1, 0.15) is 0 Å². The van der Waals surface area contributed by atoms with Gasteiger partial charge >= 0.3 is 0 Å². The lowest BCUT2D eigenvalue weighted by Gasteiger charge is -2.42. The van der Waals surface area contributed by atoms with Crippen LogP contribution in [0.3, 0.4) is 0 Å². The molecule has 2 aromatic rings. The maximum atomic E-state index is 13.3. The number of carbonyl (C=O) groups excluding carboxylic acids is 1. The quantitative estimate of drug-likeness (QED) is 0.543. The second kappa shape index (κ2) is 11.6. The Bertz CT molecular complexity index is 1110. The van der Waals surface area contributed by atoms with Gasteiger partial charge in [-0.2, -0.15) is 4.31 Å². The van der Waals surface area contributed by atoms with Crippen LogP contribution in [-0.2, 0) is 21.2 Å². The zero-order valence-electron chi connectivity index (χ0n) is 19.1. The fourth-order valence-electron chi connectivity index (χ4n) is 4.58. The summed E-state index contributed by atoms with van der Waals surface area (Å²) in [5.41, 5.74) is 1.81. The van der Waals surface area contributed by atoms with E-state index in [0.717, 1.165) is 37.1 Å². The van der Waals surface area contributed by atoms with Gasteiger partial charge in [-0.05, 0) is 62.7 Å². The van der Waals surface area contributed by atoms with E-state index in [9.17, 15) is 13.2 Å². The molecule has 1 amide bonds. The van der Waals surface area contributed by atoms with Gasteiger partial charge in [0.15, 0.2) is 0 Å². The number of hydrogen-bond acceptors (Lipinski definition) is 4. The highest BCUT2D eigenvalue weighted by Crippen LogP contribution is 2.25. The first-order chi connectivity index (χ1) is 15.7. The third kappa shape index (κ3) is 6.25. The molecule has 2 heterocycles. The van der Waals surface area contributed by atoms with Crippen molar-refractivity contribution in [3.8, 4) is 0 Å². The van der Waals surface area contributed by atoms with E-state index < -0.39 is 10.0 Å². The van der Waals surface area contributed by atoms with Crippen molar-refractivity contribution in [3.63, 3.8) is 0 Å². The highest BCUT2D eigenvalue weighted by molar-refractivity contribution is 7.89. The molecule has 6 nitrogen and oxygen atoms in total. The van der Waals surface area contributed by atoms with Gasteiger partial charge in [0.05, 0.1) is 27.4 Å². The Hall–Kier alpha value is -1.35. The van der Waals surface area contributed by atoms with Gasteiger partial charge in [-0.15, -0.1) is 12.4 Å². The van der Waals surface area contributed by atoms with E-state index in [1.807, 2.05) is 24.0 Å². The SMILES string of the molecule is Cc1ccc(S(=O)(=O)N2CCN(C(=O)Cc3ccc(Cl)c(Cl)c3)C(CN3CCCC3)C2)cc1.Cl. The van der Waals surface area contributed by atoms with Crippen molar-refractivity contribution in [2.24, 2.45) is 0 Å². The molecule has 2 aliphatic heterocycles. The number of sulfonamides is 1. The number of benzene rings is 2. The molecule has 1 atom stereocenters. The first-order valence-electron chi connectivity index (χ1n) is 11.3. The molecule has 2 aliphatic rings. The maximum absolute atomic E-state index is 13.3. The molecule has 10 heteroatoms. The summed E-state index contributed by atoms with van der Waals surface area (Å²) in [5.74, 6) is -0.0232. The number of aryl methyl sites for hydroxylation is 1. The van der Waals surface area contributed by atoms with Crippen LogP contribution < -0.4 is 0 Å². The fraction of sp³-hybridized carbons (Fsp3) is 0.458. The number of nitrogens with zero attached hydrogens (tertiary/aromatic N) is 3. The average Bonchev–Trinajstić information content (AvgIpc) is 3.29. The minimum absolute atomic E-state index is 0. The summed E-state index contributed by atoms with van der Waals surface area (Å²) in [4.78, 5) is 17.7. The van der Waals surface area contributed by atoms with Gasteiger partial charge in [0.2, 0.25) is 15.9 Å². The standard InChI is InChI=1S/C24H29Cl2N3O3S.ClH/c1-18-4-7-21(8-5-18)33(31,32)28-12-13-29(20(17-28)16-27-10-2-3-11-27)24(30)15-19-6-9-22(25)23(26)14-19;/h4-9,14,20H,2-3,10-13,15-17H2,1H3;1H. The van der Waals surface area contributed by atoms with Crippen molar-refractivity contribution >= 4 is 51.5 Å². The highest BCUT2D eigenvalue weighted by atomic mass is 35.5. The molecule has 0 N–H and O–H groups in total. The average molecular weight is 547 g/mol. The number of hydrogen-bond donors (Lipinski definition) is 0. The van der Waals surface area contributed by atoms with Crippen LogP contribution in [0.4, 0.5) is 0 Å². The van der Waals surface area contributed by atoms with Crippen molar-refractivity contribution in [3.05, 3.63) is 63.6 Å². The Kier molecular flexibility index (Phi) is 9.29. The maximum Gasteiger partial charge on any atom is 0.243 e. The summed E-state index contributed by atoms with van der Waals surface area (Å²) in [7, 11) is -3.62. The Labute approximate surface area is 218 Å². The van der Waals surface area contributed by atoms with Crippen molar-refractivity contribution in [2.45, 2.75) is 37.1 Å². The van der Waals surface area contributed by atoms with E-state index in [4.69, 9.17) is 23.2 Å². The van der Waals surface area contributed by atoms with E-state index in [0.29, 0.717) is 34.6 Å². The van der Waals surface area contributed by atoms with Crippen molar-refractivity contribution in [2.75, 3.05) is 39.3 Å². The lowest BCUT2D eigenvalue weighted by Crippen LogP contribution is -2.59. The summed E-state index contributed by atoms with van der Waals surface area (Å²) in [6.45, 7) is 5.50. The highest BCUT2D eigenvalue weighted by Gasteiger charge is 2.37. The third-order valence-electron chi connectivity index (χ3n) is 6.43. The minimum Gasteiger partial charge on any atom is -0.335 e. The van der Waals surface area contributed by atoms with E-state index in [1.54, 1.807) is 30.3 Å². The van der Waals surface area contributed by atoms with Crippen LogP contribution in [0.15, 0.2) is 47.4 Å². The first kappa shape index (κ1) is 27.2. The lowest BCUT2D eigenvalue weighted by atomic mass is 10.1. The van der Waals surface area contributed by atoms with E-state index in [-0.39, 0.29) is 37.3 Å². The van der Waals surface area contributed by atoms with Crippen molar-refractivity contribution in [1.29, 1.82) is 0 Å². The largest absolute Gasteiger partial charge is 0.335 e. The number of likely N-dealkylation sites (tertiary alicyclic amines) is 1. The van der Waals surface area contributed by atoms with Crippen LogP contribution in [0.2, 0.25) is 10.0 Å². The fourth-order valence-corrected chi connectivity index (χ4v) is 6.37. The zero-order valence-corrected chi connectivity index (χ0v) is 22.3. The molecule has 0 bridgehead atoms. The molecule has 1 unspecified atom stereocenters. The summed E-state index contributed by atoms with van der Waals surface area (Å²) >= 11 is 12.1. The molecule has 0 radical (unpaired) electrons. The van der Waals surface area contributed by atoms with Gasteiger partial charge in [0.25, 0.3) is 0 Å². The predicted octanol–water partition coefficient (Wildman–Crippen LogP) is 4.26. The molecule has 0 aromatic heterocycles. The molecular formula is C24H30Cl3N3O3S. The lowest BCUT2D eigenvalue weighted by molar-refractivity contribution is -0.135. The van der Waals surface area contributed by atoms with Crippen LogP contribution in [0, 0.1) is 6.92 Å². The monoisotopic (exact) mass is 545 g/mol. The number of amides is 1. The summed E-state index contributed by atoms with van der Waals surface area (Å²) in [5, 5.41) is 0.874. The number of halogens is 3. The van der Waals surface area contributed by atoms with Crippen molar-refractivity contribution in [1.82, 2.24) is 14.1 Å². The van der Waals surface area contributed by atoms with Gasteiger partial charge in [-0.1, -0.05) is 47.0 Å². The van der Waals surface area contributed by atoms with E-state index in [2.05, 4.69) is 4.90 Å². The molecule has 34 heavy (non-hydrogen) atoms. The van der Waals surface area contributed by atoms with Crippen LogP contribution >= 0.6 is 35.6 Å². The molecule has 0 saturated carbocycles. The van der Waals surface area contributed by atoms with Crippen LogP contribution in [0.5, 0.6) is 0 Å². The zero-order chi connectivity index (χ0) is 23.6. The van der Waals surface area contributed by atoms with Gasteiger partial charge in [-0.3, -0.25) is 4.79 Å². The van der Waals surface area contributed by atoms with Gasteiger partial charge in [0, 0.05) is 26.2 Å². The normalized spacial score (nSPS) is 19.7. The molecule has 2 aromatic carbocycles. The Morgan fingerprint density at radius 3 is 2.29 bits per heavy atom. The smallest absolute Gasteiger partial charge is 0.243 e. The molecular weight excluding hydrogens is 517 g/mol.